The molecule has 6 nitrogen and oxygen atoms in total. The van der Waals surface area contributed by atoms with Gasteiger partial charge in [-0.05, 0) is 12.8 Å². The summed E-state index contributed by atoms with van der Waals surface area (Å²) in [6.07, 6.45) is 5.50. The number of nitrogens with zero attached hydrogens (tertiary/aromatic N) is 3. The molecule has 0 atom stereocenters. The summed E-state index contributed by atoms with van der Waals surface area (Å²) in [6.45, 7) is 0. The van der Waals surface area contributed by atoms with Crippen LogP contribution in [0.2, 0.25) is 0 Å². The van der Waals surface area contributed by atoms with E-state index in [1.807, 2.05) is 0 Å². The number of rotatable bonds is 3. The van der Waals surface area contributed by atoms with E-state index in [0.717, 1.165) is 25.7 Å². The smallest absolute Gasteiger partial charge is 0.182 e. The predicted octanol–water partition coefficient (Wildman–Crippen LogP) is 1.05. The van der Waals surface area contributed by atoms with Crippen molar-refractivity contribution in [2.75, 3.05) is 31.0 Å². The fourth-order valence-corrected chi connectivity index (χ4v) is 3.52. The Morgan fingerprint density at radius 3 is 2.28 bits per heavy atom. The third-order valence-electron chi connectivity index (χ3n) is 3.35. The maximum absolute atomic E-state index is 11.8. The summed E-state index contributed by atoms with van der Waals surface area (Å²) in [6, 6.07) is 0.235. The summed E-state index contributed by atoms with van der Waals surface area (Å²) in [5.74, 6) is 0.704. The minimum Gasteiger partial charge on any atom is -0.383 e. The van der Waals surface area contributed by atoms with Crippen LogP contribution in [-0.4, -0.2) is 38.5 Å². The molecule has 2 N–H and O–H groups in total. The van der Waals surface area contributed by atoms with Gasteiger partial charge in [0.2, 0.25) is 0 Å². The molecule has 1 aromatic heterocycles. The molecule has 102 valence electrons. The van der Waals surface area contributed by atoms with Crippen molar-refractivity contribution < 1.29 is 8.42 Å². The minimum atomic E-state index is -3.37. The first-order chi connectivity index (χ1) is 8.32. The molecule has 1 fully saturated rings. The number of hydrogen-bond donors (Lipinski definition) is 1. The van der Waals surface area contributed by atoms with Gasteiger partial charge in [-0.3, -0.25) is 0 Å². The summed E-state index contributed by atoms with van der Waals surface area (Å²) < 4.78 is 25.4. The molecule has 1 aromatic rings. The fourth-order valence-electron chi connectivity index (χ4n) is 2.50. The van der Waals surface area contributed by atoms with Gasteiger partial charge in [-0.1, -0.05) is 12.8 Å². The number of aromatic nitrogens is 2. The van der Waals surface area contributed by atoms with Crippen LogP contribution in [-0.2, 0) is 9.84 Å². The van der Waals surface area contributed by atoms with Crippen LogP contribution >= 0.6 is 0 Å². The average molecular weight is 272 g/mol. The Kier molecular flexibility index (Phi) is 3.27. The first kappa shape index (κ1) is 13.2. The summed E-state index contributed by atoms with van der Waals surface area (Å²) in [5, 5.41) is 4.40. The molecule has 2 rings (SSSR count). The highest BCUT2D eigenvalue weighted by molar-refractivity contribution is 7.91. The Morgan fingerprint density at radius 1 is 1.33 bits per heavy atom. The van der Waals surface area contributed by atoms with E-state index in [0.29, 0.717) is 5.82 Å². The van der Waals surface area contributed by atoms with Crippen molar-refractivity contribution in [1.29, 1.82) is 0 Å². The molecular formula is C11H20N4O2S. The molecule has 1 saturated carbocycles. The molecule has 0 saturated heterocycles. The fraction of sp³-hybridized carbons (Fsp3) is 0.727. The van der Waals surface area contributed by atoms with Crippen LogP contribution in [0.1, 0.15) is 31.7 Å². The number of hydrogen-bond acceptors (Lipinski definition) is 5. The van der Waals surface area contributed by atoms with E-state index in [-0.39, 0.29) is 16.8 Å². The van der Waals surface area contributed by atoms with Crippen LogP contribution in [0.4, 0.5) is 11.6 Å². The maximum Gasteiger partial charge on any atom is 0.182 e. The zero-order chi connectivity index (χ0) is 13.5. The van der Waals surface area contributed by atoms with Crippen molar-refractivity contribution in [3.63, 3.8) is 0 Å². The van der Waals surface area contributed by atoms with E-state index >= 15 is 0 Å². The second-order valence-electron chi connectivity index (χ2n) is 5.09. The lowest BCUT2D eigenvalue weighted by molar-refractivity contribution is 0.473. The lowest BCUT2D eigenvalue weighted by atomic mass is 10.2. The van der Waals surface area contributed by atoms with Gasteiger partial charge in [0.25, 0.3) is 0 Å². The monoisotopic (exact) mass is 272 g/mol. The number of sulfone groups is 1. The molecule has 0 aromatic carbocycles. The standard InChI is InChI=1S/C11H20N4O2S/c1-14(2)11-9(18(3,16)17)10(12)15(13-11)8-6-4-5-7-8/h8H,4-7,12H2,1-3H3. The van der Waals surface area contributed by atoms with Crippen LogP contribution in [0.25, 0.3) is 0 Å². The van der Waals surface area contributed by atoms with Crippen molar-refractivity contribution in [2.24, 2.45) is 0 Å². The van der Waals surface area contributed by atoms with Crippen LogP contribution < -0.4 is 10.6 Å². The van der Waals surface area contributed by atoms with E-state index < -0.39 is 9.84 Å². The van der Waals surface area contributed by atoms with E-state index in [2.05, 4.69) is 5.10 Å². The largest absolute Gasteiger partial charge is 0.383 e. The highest BCUT2D eigenvalue weighted by Gasteiger charge is 2.29. The maximum atomic E-state index is 11.8. The van der Waals surface area contributed by atoms with Crippen molar-refractivity contribution >= 4 is 21.5 Å². The topological polar surface area (TPSA) is 81.2 Å². The first-order valence-corrected chi connectivity index (χ1v) is 7.97. The lowest BCUT2D eigenvalue weighted by Crippen LogP contribution is -2.13. The second-order valence-corrected chi connectivity index (χ2v) is 7.04. The Hall–Kier alpha value is -1.24. The minimum absolute atomic E-state index is 0.152. The van der Waals surface area contributed by atoms with Gasteiger partial charge in [-0.25, -0.2) is 13.1 Å². The van der Waals surface area contributed by atoms with Crippen LogP contribution in [0.3, 0.4) is 0 Å². The normalized spacial score (nSPS) is 17.3. The zero-order valence-corrected chi connectivity index (χ0v) is 11.9. The van der Waals surface area contributed by atoms with E-state index in [9.17, 15) is 8.42 Å². The Morgan fingerprint density at radius 2 is 1.89 bits per heavy atom. The summed E-state index contributed by atoms with van der Waals surface area (Å²) >= 11 is 0. The van der Waals surface area contributed by atoms with Crippen molar-refractivity contribution in [2.45, 2.75) is 36.6 Å². The van der Waals surface area contributed by atoms with Gasteiger partial charge >= 0.3 is 0 Å². The molecule has 18 heavy (non-hydrogen) atoms. The van der Waals surface area contributed by atoms with Gasteiger partial charge in [-0.2, -0.15) is 5.10 Å². The van der Waals surface area contributed by atoms with Gasteiger partial charge in [0.1, 0.15) is 5.82 Å². The molecule has 1 aliphatic rings. The molecule has 0 unspecified atom stereocenters. The number of nitrogens with two attached hydrogens (primary N) is 1. The third kappa shape index (κ3) is 2.19. The van der Waals surface area contributed by atoms with Crippen LogP contribution in [0, 0.1) is 0 Å². The zero-order valence-electron chi connectivity index (χ0n) is 11.0. The first-order valence-electron chi connectivity index (χ1n) is 6.07. The molecule has 1 aliphatic carbocycles. The van der Waals surface area contributed by atoms with Crippen LogP contribution in [0.15, 0.2) is 4.90 Å². The molecule has 7 heteroatoms. The molecule has 0 radical (unpaired) electrons. The second kappa shape index (κ2) is 4.46. The molecule has 0 spiro atoms. The van der Waals surface area contributed by atoms with E-state index in [1.165, 1.54) is 6.26 Å². The highest BCUT2D eigenvalue weighted by Crippen LogP contribution is 2.36. The van der Waals surface area contributed by atoms with E-state index in [1.54, 1.807) is 23.7 Å². The number of nitrogen functional groups attached to an aromatic ring is 1. The molecular weight excluding hydrogens is 252 g/mol. The van der Waals surface area contributed by atoms with Gasteiger partial charge in [0, 0.05) is 20.4 Å². The number of anilines is 2. The molecule has 0 amide bonds. The van der Waals surface area contributed by atoms with Gasteiger partial charge < -0.3 is 10.6 Å². The van der Waals surface area contributed by atoms with Crippen molar-refractivity contribution in [3.8, 4) is 0 Å². The van der Waals surface area contributed by atoms with Gasteiger partial charge in [-0.15, -0.1) is 0 Å². The Bertz CT molecular complexity index is 542. The third-order valence-corrected chi connectivity index (χ3v) is 4.48. The Balaban J connectivity index is 2.57. The molecule has 0 aliphatic heterocycles. The SMILES string of the molecule is CN(C)c1nn(C2CCCC2)c(N)c1S(C)(=O)=O. The molecule has 0 bridgehead atoms. The van der Waals surface area contributed by atoms with Gasteiger partial charge in [0.05, 0.1) is 6.04 Å². The van der Waals surface area contributed by atoms with E-state index in [4.69, 9.17) is 5.73 Å². The summed E-state index contributed by atoms with van der Waals surface area (Å²) in [4.78, 5) is 1.84. The quantitative estimate of drug-likeness (QED) is 0.889. The molecule has 1 heterocycles. The van der Waals surface area contributed by atoms with Crippen molar-refractivity contribution in [1.82, 2.24) is 9.78 Å². The van der Waals surface area contributed by atoms with Crippen molar-refractivity contribution in [3.05, 3.63) is 0 Å². The predicted molar refractivity (Wildman–Crippen MR) is 71.6 cm³/mol. The average Bonchev–Trinajstić information content (AvgIpc) is 2.81. The van der Waals surface area contributed by atoms with Gasteiger partial charge in [0.15, 0.2) is 20.6 Å². The highest BCUT2D eigenvalue weighted by atomic mass is 32.2. The van der Waals surface area contributed by atoms with Crippen LogP contribution in [0.5, 0.6) is 0 Å². The summed E-state index contributed by atoms with van der Waals surface area (Å²) in [7, 11) is 0.179. The summed E-state index contributed by atoms with van der Waals surface area (Å²) in [5.41, 5.74) is 6.00. The lowest BCUT2D eigenvalue weighted by Gasteiger charge is -2.11. The Labute approximate surface area is 108 Å².